The zero-order valence-corrected chi connectivity index (χ0v) is 13.5. The first-order valence-electron chi connectivity index (χ1n) is 6.70. The number of benzene rings is 1. The summed E-state index contributed by atoms with van der Waals surface area (Å²) in [7, 11) is 1.94. The molecule has 0 fully saturated rings. The number of likely N-dealkylation sites (N-methyl/N-ethyl adjacent to an activating group) is 1. The molecule has 0 unspecified atom stereocenters. The number of fused-ring (bicyclic) bond motifs is 1. The topological polar surface area (TPSA) is 80.5 Å². The largest absolute Gasteiger partial charge is 0.489 e. The summed E-state index contributed by atoms with van der Waals surface area (Å²) >= 11 is 7.46. The lowest BCUT2D eigenvalue weighted by molar-refractivity contribution is 0.0946. The van der Waals surface area contributed by atoms with Crippen LogP contribution < -0.4 is 20.7 Å². The van der Waals surface area contributed by atoms with Crippen LogP contribution in [0.4, 0.5) is 10.8 Å². The highest BCUT2D eigenvalue weighted by Crippen LogP contribution is 2.37. The van der Waals surface area contributed by atoms with Crippen molar-refractivity contribution >= 4 is 39.7 Å². The van der Waals surface area contributed by atoms with Gasteiger partial charge in [0.15, 0.2) is 10.9 Å². The summed E-state index contributed by atoms with van der Waals surface area (Å²) < 4.78 is 5.66. The summed E-state index contributed by atoms with van der Waals surface area (Å²) in [5.74, 6) is 0.314. The molecule has 0 saturated heterocycles. The van der Waals surface area contributed by atoms with E-state index in [0.29, 0.717) is 34.6 Å². The first-order chi connectivity index (χ1) is 10.5. The molecule has 1 amide bonds. The number of aromatic nitrogens is 1. The number of carbonyl (C=O) groups is 1. The van der Waals surface area contributed by atoms with E-state index < -0.39 is 0 Å². The van der Waals surface area contributed by atoms with Gasteiger partial charge in [-0.3, -0.25) is 4.79 Å². The summed E-state index contributed by atoms with van der Waals surface area (Å²) in [5, 5.41) is 5.61. The SMILES string of the molecule is CN1CCOc2c(C(=O)NCc3csc(N)n3)cc(Cl)cc21. The lowest BCUT2D eigenvalue weighted by Gasteiger charge is -2.29. The minimum atomic E-state index is -0.249. The molecule has 0 spiro atoms. The van der Waals surface area contributed by atoms with Crippen molar-refractivity contribution in [1.82, 2.24) is 10.3 Å². The molecule has 0 atom stereocenters. The minimum Gasteiger partial charge on any atom is -0.489 e. The molecule has 8 heteroatoms. The smallest absolute Gasteiger partial charge is 0.255 e. The van der Waals surface area contributed by atoms with Crippen LogP contribution in [0.1, 0.15) is 16.1 Å². The number of rotatable bonds is 3. The molecule has 116 valence electrons. The third-order valence-corrected chi connectivity index (χ3v) is 4.30. The molecular formula is C14H15ClN4O2S. The Morgan fingerprint density at radius 2 is 2.41 bits per heavy atom. The fourth-order valence-electron chi connectivity index (χ4n) is 2.26. The number of nitrogen functional groups attached to an aromatic ring is 1. The molecule has 0 saturated carbocycles. The number of nitrogens with one attached hydrogen (secondary N) is 1. The molecule has 2 heterocycles. The van der Waals surface area contributed by atoms with Crippen LogP contribution in [-0.2, 0) is 6.54 Å². The lowest BCUT2D eigenvalue weighted by atomic mass is 10.1. The quantitative estimate of drug-likeness (QED) is 0.896. The fraction of sp³-hybridized carbons (Fsp3) is 0.286. The van der Waals surface area contributed by atoms with Crippen LogP contribution in [0.25, 0.3) is 0 Å². The average molecular weight is 339 g/mol. The molecule has 0 radical (unpaired) electrons. The van der Waals surface area contributed by atoms with Crippen LogP contribution in [0.15, 0.2) is 17.5 Å². The number of halogens is 1. The van der Waals surface area contributed by atoms with Crippen LogP contribution in [0.5, 0.6) is 5.75 Å². The molecule has 6 nitrogen and oxygen atoms in total. The molecule has 2 aromatic rings. The average Bonchev–Trinajstić information content (AvgIpc) is 2.91. The van der Waals surface area contributed by atoms with Gasteiger partial charge in [0.2, 0.25) is 0 Å². The van der Waals surface area contributed by atoms with Crippen molar-refractivity contribution in [3.05, 3.63) is 33.8 Å². The van der Waals surface area contributed by atoms with Crippen molar-refractivity contribution in [2.24, 2.45) is 0 Å². The van der Waals surface area contributed by atoms with E-state index in [9.17, 15) is 4.79 Å². The Hall–Kier alpha value is -1.99. The second-order valence-electron chi connectivity index (χ2n) is 4.93. The zero-order chi connectivity index (χ0) is 15.7. The zero-order valence-electron chi connectivity index (χ0n) is 11.9. The monoisotopic (exact) mass is 338 g/mol. The molecule has 3 N–H and O–H groups in total. The van der Waals surface area contributed by atoms with Crippen molar-refractivity contribution < 1.29 is 9.53 Å². The standard InChI is InChI=1S/C14H15ClN4O2S/c1-19-2-3-21-12-10(4-8(15)5-11(12)19)13(20)17-6-9-7-22-14(16)18-9/h4-5,7H,2-3,6H2,1H3,(H2,16,18)(H,17,20). The maximum atomic E-state index is 12.4. The third-order valence-electron chi connectivity index (χ3n) is 3.36. The van der Waals surface area contributed by atoms with Crippen molar-refractivity contribution in [2.45, 2.75) is 6.54 Å². The van der Waals surface area contributed by atoms with Gasteiger partial charge in [0, 0.05) is 17.5 Å². The Balaban J connectivity index is 1.83. The number of ether oxygens (including phenoxy) is 1. The van der Waals surface area contributed by atoms with Gasteiger partial charge in [-0.05, 0) is 12.1 Å². The van der Waals surface area contributed by atoms with E-state index in [4.69, 9.17) is 22.1 Å². The van der Waals surface area contributed by atoms with Crippen LogP contribution >= 0.6 is 22.9 Å². The maximum absolute atomic E-state index is 12.4. The molecule has 22 heavy (non-hydrogen) atoms. The molecule has 0 bridgehead atoms. The second-order valence-corrected chi connectivity index (χ2v) is 6.26. The van der Waals surface area contributed by atoms with Crippen LogP contribution in [-0.4, -0.2) is 31.1 Å². The molecular weight excluding hydrogens is 324 g/mol. The van der Waals surface area contributed by atoms with Crippen molar-refractivity contribution in [3.63, 3.8) is 0 Å². The number of nitrogens with zero attached hydrogens (tertiary/aromatic N) is 2. The van der Waals surface area contributed by atoms with Crippen LogP contribution in [0.3, 0.4) is 0 Å². The minimum absolute atomic E-state index is 0.249. The van der Waals surface area contributed by atoms with Crippen molar-refractivity contribution in [1.29, 1.82) is 0 Å². The van der Waals surface area contributed by atoms with Crippen LogP contribution in [0, 0.1) is 0 Å². The Bertz CT molecular complexity index is 719. The van der Waals surface area contributed by atoms with Gasteiger partial charge in [-0.1, -0.05) is 11.6 Å². The first kappa shape index (κ1) is 14.9. The number of anilines is 2. The number of amides is 1. The Morgan fingerprint density at radius 3 is 3.14 bits per heavy atom. The number of carbonyl (C=O) groups excluding carboxylic acids is 1. The van der Waals surface area contributed by atoms with Crippen LogP contribution in [0.2, 0.25) is 5.02 Å². The molecule has 1 aliphatic heterocycles. The predicted octanol–water partition coefficient (Wildman–Crippen LogP) is 2.14. The third kappa shape index (κ3) is 2.95. The van der Waals surface area contributed by atoms with E-state index in [0.717, 1.165) is 17.9 Å². The highest BCUT2D eigenvalue weighted by Gasteiger charge is 2.23. The second kappa shape index (κ2) is 6.02. The van der Waals surface area contributed by atoms with Gasteiger partial charge in [0.25, 0.3) is 5.91 Å². The van der Waals surface area contributed by atoms with Gasteiger partial charge in [0.05, 0.1) is 30.0 Å². The van der Waals surface area contributed by atoms with E-state index in [1.807, 2.05) is 17.3 Å². The van der Waals surface area contributed by atoms with E-state index >= 15 is 0 Å². The van der Waals surface area contributed by atoms with E-state index in [1.165, 1.54) is 11.3 Å². The summed E-state index contributed by atoms with van der Waals surface area (Å²) in [4.78, 5) is 18.6. The van der Waals surface area contributed by atoms with Crippen molar-refractivity contribution in [3.8, 4) is 5.75 Å². The number of hydrogen-bond donors (Lipinski definition) is 2. The molecule has 1 aromatic heterocycles. The van der Waals surface area contributed by atoms with Crippen molar-refractivity contribution in [2.75, 3.05) is 30.8 Å². The van der Waals surface area contributed by atoms with E-state index in [2.05, 4.69) is 10.3 Å². The predicted molar refractivity (Wildman–Crippen MR) is 87.9 cm³/mol. The maximum Gasteiger partial charge on any atom is 0.255 e. The highest BCUT2D eigenvalue weighted by molar-refractivity contribution is 7.13. The van der Waals surface area contributed by atoms with E-state index in [-0.39, 0.29) is 5.91 Å². The summed E-state index contributed by atoms with van der Waals surface area (Å²) in [6, 6.07) is 3.41. The van der Waals surface area contributed by atoms with Gasteiger partial charge in [-0.15, -0.1) is 11.3 Å². The van der Waals surface area contributed by atoms with Gasteiger partial charge in [-0.2, -0.15) is 0 Å². The molecule has 1 aromatic carbocycles. The van der Waals surface area contributed by atoms with Gasteiger partial charge in [0.1, 0.15) is 6.61 Å². The molecule has 1 aliphatic rings. The molecule has 3 rings (SSSR count). The van der Waals surface area contributed by atoms with Gasteiger partial charge >= 0.3 is 0 Å². The first-order valence-corrected chi connectivity index (χ1v) is 7.96. The number of thiazole rings is 1. The fourth-order valence-corrected chi connectivity index (χ4v) is 3.03. The Labute approximate surface area is 136 Å². The number of hydrogen-bond acceptors (Lipinski definition) is 6. The Kier molecular flexibility index (Phi) is 4.08. The highest BCUT2D eigenvalue weighted by atomic mass is 35.5. The molecule has 0 aliphatic carbocycles. The summed E-state index contributed by atoms with van der Waals surface area (Å²) in [6.07, 6.45) is 0. The van der Waals surface area contributed by atoms with Gasteiger partial charge in [-0.25, -0.2) is 4.98 Å². The number of nitrogens with two attached hydrogens (primary N) is 1. The lowest BCUT2D eigenvalue weighted by Crippen LogP contribution is -2.31. The van der Waals surface area contributed by atoms with E-state index in [1.54, 1.807) is 12.1 Å². The Morgan fingerprint density at radius 1 is 1.59 bits per heavy atom. The van der Waals surface area contributed by atoms with Gasteiger partial charge < -0.3 is 20.7 Å². The normalized spacial score (nSPS) is 13.5. The summed E-state index contributed by atoms with van der Waals surface area (Å²) in [6.45, 7) is 1.60. The summed E-state index contributed by atoms with van der Waals surface area (Å²) in [5.41, 5.74) is 7.55.